The van der Waals surface area contributed by atoms with E-state index in [4.69, 9.17) is 0 Å². The predicted molar refractivity (Wildman–Crippen MR) is 92.9 cm³/mol. The van der Waals surface area contributed by atoms with E-state index in [2.05, 4.69) is 10.0 Å². The zero-order valence-corrected chi connectivity index (χ0v) is 15.3. The summed E-state index contributed by atoms with van der Waals surface area (Å²) >= 11 is 0. The van der Waals surface area contributed by atoms with Crippen molar-refractivity contribution in [2.45, 2.75) is 25.2 Å². The average Bonchev–Trinajstić information content (AvgIpc) is 2.55. The van der Waals surface area contributed by atoms with E-state index in [1.165, 1.54) is 18.0 Å². The number of hydrogen-bond acceptors (Lipinski definition) is 4. The lowest BCUT2D eigenvalue weighted by molar-refractivity contribution is -0.143. The molecule has 1 aromatic rings. The van der Waals surface area contributed by atoms with Gasteiger partial charge in [0.25, 0.3) is 0 Å². The number of carbonyl (C=O) groups excluding carboxylic acids is 1. The van der Waals surface area contributed by atoms with Crippen LogP contribution in [0, 0.1) is 18.8 Å². The Labute approximate surface area is 147 Å². The quantitative estimate of drug-likeness (QED) is 0.743. The lowest BCUT2D eigenvalue weighted by atomic mass is 9.91. The van der Waals surface area contributed by atoms with Crippen LogP contribution >= 0.6 is 0 Å². The summed E-state index contributed by atoms with van der Waals surface area (Å²) in [7, 11) is -2.31. The highest BCUT2D eigenvalue weighted by Crippen LogP contribution is 2.25. The Balaban J connectivity index is 2.21. The van der Waals surface area contributed by atoms with Crippen molar-refractivity contribution in [3.05, 3.63) is 23.8 Å². The number of aliphatic carboxylic acids is 1. The lowest BCUT2D eigenvalue weighted by Crippen LogP contribution is -2.47. The monoisotopic (exact) mass is 369 g/mol. The van der Waals surface area contributed by atoms with Crippen LogP contribution in [0.15, 0.2) is 23.1 Å². The van der Waals surface area contributed by atoms with Gasteiger partial charge in [-0.25, -0.2) is 17.9 Å². The van der Waals surface area contributed by atoms with Gasteiger partial charge in [-0.3, -0.25) is 4.79 Å². The van der Waals surface area contributed by atoms with Gasteiger partial charge in [-0.15, -0.1) is 0 Å². The maximum Gasteiger partial charge on any atom is 0.321 e. The number of nitrogens with zero attached hydrogens (tertiary/aromatic N) is 1. The van der Waals surface area contributed by atoms with Crippen molar-refractivity contribution in [1.29, 1.82) is 0 Å². The minimum Gasteiger partial charge on any atom is -0.481 e. The topological polar surface area (TPSA) is 116 Å². The first kappa shape index (κ1) is 19.2. The van der Waals surface area contributed by atoms with Crippen LogP contribution in [0.1, 0.15) is 18.9 Å². The van der Waals surface area contributed by atoms with Gasteiger partial charge in [0.1, 0.15) is 0 Å². The molecule has 0 radical (unpaired) electrons. The fraction of sp³-hybridized carbons (Fsp3) is 0.500. The third kappa shape index (κ3) is 4.29. The number of carboxylic acid groups (broad SMARTS) is 1. The van der Waals surface area contributed by atoms with Crippen molar-refractivity contribution in [2.75, 3.05) is 25.5 Å². The Kier molecular flexibility index (Phi) is 5.69. The lowest BCUT2D eigenvalue weighted by Gasteiger charge is -2.34. The molecule has 2 rings (SSSR count). The minimum atomic E-state index is -3.63. The van der Waals surface area contributed by atoms with Crippen LogP contribution in [0.3, 0.4) is 0 Å². The van der Waals surface area contributed by atoms with Crippen molar-refractivity contribution < 1.29 is 23.1 Å². The van der Waals surface area contributed by atoms with Gasteiger partial charge in [0.05, 0.1) is 10.8 Å². The van der Waals surface area contributed by atoms with E-state index >= 15 is 0 Å². The fourth-order valence-corrected chi connectivity index (χ4v) is 4.03. The first-order valence-corrected chi connectivity index (χ1v) is 9.46. The maximum absolute atomic E-state index is 12.5. The molecule has 1 aromatic carbocycles. The summed E-state index contributed by atoms with van der Waals surface area (Å²) in [6, 6.07) is 4.19. The van der Waals surface area contributed by atoms with E-state index in [0.717, 1.165) is 0 Å². The number of amides is 2. The summed E-state index contributed by atoms with van der Waals surface area (Å²) in [5.41, 5.74) is 0.802. The predicted octanol–water partition coefficient (Wildman–Crippen LogP) is 1.48. The average molecular weight is 369 g/mol. The number of anilines is 1. The molecular weight excluding hydrogens is 346 g/mol. The Bertz CT molecular complexity index is 778. The second kappa shape index (κ2) is 7.40. The third-order valence-corrected chi connectivity index (χ3v) is 5.94. The molecule has 0 aromatic heterocycles. The van der Waals surface area contributed by atoms with Crippen LogP contribution in [-0.4, -0.2) is 50.6 Å². The number of carboxylic acids is 1. The molecule has 2 atom stereocenters. The van der Waals surface area contributed by atoms with Gasteiger partial charge in [0.2, 0.25) is 10.0 Å². The number of sulfonamides is 1. The van der Waals surface area contributed by atoms with Gasteiger partial charge in [0, 0.05) is 18.8 Å². The van der Waals surface area contributed by atoms with Gasteiger partial charge >= 0.3 is 12.0 Å². The summed E-state index contributed by atoms with van der Waals surface area (Å²) in [4.78, 5) is 25.3. The number of piperidine rings is 1. The SMILES string of the molecule is CNS(=O)(=O)c1cccc(NC(=O)N2CC(C)CC(C(=O)O)C2)c1C. The largest absolute Gasteiger partial charge is 0.481 e. The van der Waals surface area contributed by atoms with E-state index in [0.29, 0.717) is 24.2 Å². The molecule has 138 valence electrons. The summed E-state index contributed by atoms with van der Waals surface area (Å²) in [5, 5.41) is 11.9. The van der Waals surface area contributed by atoms with Gasteiger partial charge in [-0.05, 0) is 44.0 Å². The molecule has 0 spiro atoms. The fourth-order valence-electron chi connectivity index (χ4n) is 3.04. The number of carbonyl (C=O) groups is 2. The van der Waals surface area contributed by atoms with Crippen molar-refractivity contribution in [3.63, 3.8) is 0 Å². The van der Waals surface area contributed by atoms with Gasteiger partial charge in [-0.1, -0.05) is 13.0 Å². The molecule has 1 aliphatic rings. The second-order valence-corrected chi connectivity index (χ2v) is 8.20. The van der Waals surface area contributed by atoms with Crippen molar-refractivity contribution in [3.8, 4) is 0 Å². The van der Waals surface area contributed by atoms with Crippen LogP contribution in [0.2, 0.25) is 0 Å². The van der Waals surface area contributed by atoms with Crippen molar-refractivity contribution >= 4 is 27.7 Å². The second-order valence-electron chi connectivity index (χ2n) is 6.35. The van der Waals surface area contributed by atoms with Gasteiger partial charge < -0.3 is 15.3 Å². The van der Waals surface area contributed by atoms with Crippen LogP contribution in [0.4, 0.5) is 10.5 Å². The molecule has 25 heavy (non-hydrogen) atoms. The van der Waals surface area contributed by atoms with E-state index in [9.17, 15) is 23.1 Å². The molecule has 0 aliphatic carbocycles. The number of nitrogens with one attached hydrogen (secondary N) is 2. The van der Waals surface area contributed by atoms with Gasteiger partial charge in [-0.2, -0.15) is 0 Å². The molecular formula is C16H23N3O5S. The third-order valence-electron chi connectivity index (χ3n) is 4.38. The summed E-state index contributed by atoms with van der Waals surface area (Å²) in [5.74, 6) is -1.42. The molecule has 1 heterocycles. The Morgan fingerprint density at radius 1 is 1.28 bits per heavy atom. The normalized spacial score (nSPS) is 21.0. The first-order valence-electron chi connectivity index (χ1n) is 7.97. The Morgan fingerprint density at radius 3 is 2.56 bits per heavy atom. The van der Waals surface area contributed by atoms with Crippen LogP contribution < -0.4 is 10.0 Å². The highest BCUT2D eigenvalue weighted by atomic mass is 32.2. The molecule has 0 bridgehead atoms. The molecule has 1 fully saturated rings. The maximum atomic E-state index is 12.5. The summed E-state index contributed by atoms with van der Waals surface area (Å²) in [6.07, 6.45) is 0.536. The standard InChI is InChI=1S/C16H23N3O5S/c1-10-7-12(15(20)21)9-19(8-10)16(22)18-13-5-4-6-14(11(13)2)25(23,24)17-3/h4-6,10,12,17H,7-9H2,1-3H3,(H,18,22)(H,20,21). The molecule has 8 nitrogen and oxygen atoms in total. The first-order chi connectivity index (χ1) is 11.7. The Morgan fingerprint density at radius 2 is 1.96 bits per heavy atom. The Hall–Kier alpha value is -2.13. The summed E-state index contributed by atoms with van der Waals surface area (Å²) < 4.78 is 26.3. The number of urea groups is 1. The van der Waals surface area contributed by atoms with Crippen LogP contribution in [0.25, 0.3) is 0 Å². The van der Waals surface area contributed by atoms with E-state index in [-0.39, 0.29) is 17.4 Å². The smallest absolute Gasteiger partial charge is 0.321 e. The van der Waals surface area contributed by atoms with Crippen LogP contribution in [-0.2, 0) is 14.8 Å². The number of hydrogen-bond donors (Lipinski definition) is 3. The molecule has 1 aliphatic heterocycles. The number of likely N-dealkylation sites (tertiary alicyclic amines) is 1. The van der Waals surface area contributed by atoms with Gasteiger partial charge in [0.15, 0.2) is 0 Å². The molecule has 3 N–H and O–H groups in total. The van der Waals surface area contributed by atoms with E-state index < -0.39 is 27.9 Å². The molecule has 1 saturated heterocycles. The number of rotatable bonds is 4. The zero-order valence-electron chi connectivity index (χ0n) is 14.4. The van der Waals surface area contributed by atoms with E-state index in [1.54, 1.807) is 19.1 Å². The number of benzene rings is 1. The highest BCUT2D eigenvalue weighted by molar-refractivity contribution is 7.89. The van der Waals surface area contributed by atoms with Crippen molar-refractivity contribution in [2.24, 2.45) is 11.8 Å². The van der Waals surface area contributed by atoms with Crippen molar-refractivity contribution in [1.82, 2.24) is 9.62 Å². The molecule has 0 saturated carbocycles. The molecule has 2 amide bonds. The highest BCUT2D eigenvalue weighted by Gasteiger charge is 2.32. The van der Waals surface area contributed by atoms with E-state index in [1.807, 2.05) is 6.92 Å². The summed E-state index contributed by atoms with van der Waals surface area (Å²) in [6.45, 7) is 4.11. The van der Waals surface area contributed by atoms with Crippen LogP contribution in [0.5, 0.6) is 0 Å². The zero-order chi connectivity index (χ0) is 18.8. The molecule has 9 heteroatoms. The molecule has 2 unspecified atom stereocenters. The minimum absolute atomic E-state index is 0.0812.